The van der Waals surface area contributed by atoms with Gasteiger partial charge in [0.05, 0.1) is 18.8 Å². The summed E-state index contributed by atoms with van der Waals surface area (Å²) in [5, 5.41) is 0. The summed E-state index contributed by atoms with van der Waals surface area (Å²) in [5.74, 6) is 0.144. The molecule has 0 aromatic carbocycles. The molecule has 0 N–H and O–H groups in total. The Kier molecular flexibility index (Phi) is 33.2. The first-order valence-electron chi connectivity index (χ1n) is 26.2. The molecular weight excluding hydrogens is 735 g/mol. The van der Waals surface area contributed by atoms with Crippen molar-refractivity contribution in [1.82, 2.24) is 4.90 Å². The van der Waals surface area contributed by atoms with Crippen LogP contribution < -0.4 is 0 Å². The molecule has 1 aliphatic heterocycles. The van der Waals surface area contributed by atoms with E-state index in [2.05, 4.69) is 39.8 Å². The van der Waals surface area contributed by atoms with Crippen molar-refractivity contribution in [3.8, 4) is 0 Å². The van der Waals surface area contributed by atoms with Gasteiger partial charge in [0.2, 0.25) is 0 Å². The van der Waals surface area contributed by atoms with E-state index in [4.69, 9.17) is 18.9 Å². The van der Waals surface area contributed by atoms with Crippen molar-refractivity contribution in [3.63, 3.8) is 0 Å². The second-order valence-electron chi connectivity index (χ2n) is 19.3. The van der Waals surface area contributed by atoms with Gasteiger partial charge in [0.25, 0.3) is 0 Å². The summed E-state index contributed by atoms with van der Waals surface area (Å²) in [5.41, 5.74) is 0. The quantitative estimate of drug-likeness (QED) is 0.0449. The topological polar surface area (TPSA) is 74.3 Å². The summed E-state index contributed by atoms with van der Waals surface area (Å²) in [6.45, 7) is 8.48. The molecule has 0 spiro atoms. The van der Waals surface area contributed by atoms with Crippen LogP contribution in [0.1, 0.15) is 265 Å². The zero-order valence-electron chi connectivity index (χ0n) is 40.0. The molecule has 0 radical (unpaired) electrons. The highest BCUT2D eigenvalue weighted by atomic mass is 16.8. The molecular formula is C52H99NO6. The van der Waals surface area contributed by atoms with E-state index in [1.807, 2.05) is 0 Å². The second-order valence-corrected chi connectivity index (χ2v) is 19.3. The van der Waals surface area contributed by atoms with Gasteiger partial charge in [-0.1, -0.05) is 162 Å². The van der Waals surface area contributed by atoms with Crippen molar-refractivity contribution in [3.05, 3.63) is 0 Å². The fraction of sp³-hybridized carbons (Fsp3) is 0.962. The highest BCUT2D eigenvalue weighted by molar-refractivity contribution is 5.69. The lowest BCUT2D eigenvalue weighted by molar-refractivity contribution is -0.186. The molecule has 1 aliphatic carbocycles. The van der Waals surface area contributed by atoms with Gasteiger partial charge in [0.15, 0.2) is 5.79 Å². The van der Waals surface area contributed by atoms with Gasteiger partial charge >= 0.3 is 11.9 Å². The van der Waals surface area contributed by atoms with Crippen LogP contribution in [0.15, 0.2) is 0 Å². The minimum atomic E-state index is -0.496. The summed E-state index contributed by atoms with van der Waals surface area (Å²) in [7, 11) is 4.34. The van der Waals surface area contributed by atoms with Crippen molar-refractivity contribution < 1.29 is 28.5 Å². The second kappa shape index (κ2) is 36.3. The Morgan fingerprint density at radius 3 is 1.53 bits per heavy atom. The van der Waals surface area contributed by atoms with E-state index in [0.717, 1.165) is 109 Å². The molecule has 2 rings (SSSR count). The summed E-state index contributed by atoms with van der Waals surface area (Å²) in [4.78, 5) is 27.7. The minimum absolute atomic E-state index is 0.0147. The number of esters is 2. The molecule has 1 unspecified atom stereocenters. The van der Waals surface area contributed by atoms with E-state index in [1.165, 1.54) is 128 Å². The molecule has 0 aromatic rings. The maximum absolute atomic E-state index is 12.9. The predicted molar refractivity (Wildman–Crippen MR) is 248 cm³/mol. The molecule has 2 fully saturated rings. The first kappa shape index (κ1) is 54.0. The van der Waals surface area contributed by atoms with E-state index >= 15 is 0 Å². The molecule has 1 saturated heterocycles. The number of unbranched alkanes of at least 4 members (excludes halogenated alkanes) is 24. The monoisotopic (exact) mass is 834 g/mol. The SMILES string of the molecule is CCCCCCCCCCCOC(=O)CCCCCC1(CCCCCCCC(=O)OC(CCCCCCCC)CCCCCCCC)O[C@H]2C[C@H](CN(C)C)CC[C@H]2O1. The number of nitrogens with zero attached hydrogens (tertiary/aromatic N) is 1. The number of carbonyl (C=O) groups is 2. The number of fused-ring (bicyclic) bond motifs is 1. The van der Waals surface area contributed by atoms with Gasteiger partial charge in [-0.05, 0) is 97.1 Å². The molecule has 1 saturated carbocycles. The maximum Gasteiger partial charge on any atom is 0.306 e. The van der Waals surface area contributed by atoms with E-state index in [9.17, 15) is 9.59 Å². The summed E-state index contributed by atoms with van der Waals surface area (Å²) < 4.78 is 25.4. The third kappa shape index (κ3) is 28.2. The average molecular weight is 834 g/mol. The molecule has 0 amide bonds. The zero-order chi connectivity index (χ0) is 42.7. The Morgan fingerprint density at radius 2 is 0.983 bits per heavy atom. The fourth-order valence-corrected chi connectivity index (χ4v) is 9.58. The van der Waals surface area contributed by atoms with E-state index < -0.39 is 5.79 Å². The zero-order valence-corrected chi connectivity index (χ0v) is 40.0. The molecule has 4 atom stereocenters. The van der Waals surface area contributed by atoms with Crippen molar-refractivity contribution >= 4 is 11.9 Å². The third-order valence-corrected chi connectivity index (χ3v) is 13.1. The highest BCUT2D eigenvalue weighted by Crippen LogP contribution is 2.44. The number of hydrogen-bond donors (Lipinski definition) is 0. The minimum Gasteiger partial charge on any atom is -0.466 e. The van der Waals surface area contributed by atoms with Gasteiger partial charge in [-0.25, -0.2) is 0 Å². The lowest BCUT2D eigenvalue weighted by Gasteiger charge is -2.31. The molecule has 7 nitrogen and oxygen atoms in total. The standard InChI is InChI=1S/C52H99NO6/c1-6-9-12-15-18-19-20-26-34-43-56-50(54)37-31-27-33-42-52(58-48-40-39-46(45-53(4)5)44-49(48)59-52)41-32-25-21-24-30-38-51(55)57-47(35-28-22-16-13-10-7-2)36-29-23-17-14-11-8-3/h46-49H,6-45H2,1-5H3/t46-,48-,49+,52?/m1/s1. The number of ether oxygens (including phenoxy) is 4. The van der Waals surface area contributed by atoms with Crippen molar-refractivity contribution in [1.29, 1.82) is 0 Å². The molecule has 0 bridgehead atoms. The van der Waals surface area contributed by atoms with Gasteiger partial charge in [-0.3, -0.25) is 9.59 Å². The van der Waals surface area contributed by atoms with Crippen molar-refractivity contribution in [2.45, 2.75) is 289 Å². The van der Waals surface area contributed by atoms with Crippen LogP contribution in [-0.2, 0) is 28.5 Å². The van der Waals surface area contributed by atoms with Gasteiger partial charge in [0, 0.05) is 32.2 Å². The number of carbonyl (C=O) groups excluding carboxylic acids is 2. The molecule has 7 heteroatoms. The lowest BCUT2D eigenvalue weighted by atomic mass is 9.85. The summed E-state index contributed by atoms with van der Waals surface area (Å²) in [6, 6.07) is 0. The van der Waals surface area contributed by atoms with Crippen LogP contribution >= 0.6 is 0 Å². The predicted octanol–water partition coefficient (Wildman–Crippen LogP) is 15.0. The fourth-order valence-electron chi connectivity index (χ4n) is 9.58. The number of hydrogen-bond acceptors (Lipinski definition) is 7. The van der Waals surface area contributed by atoms with Crippen LogP contribution in [0.4, 0.5) is 0 Å². The first-order chi connectivity index (χ1) is 28.8. The lowest BCUT2D eigenvalue weighted by Crippen LogP contribution is -2.35. The van der Waals surface area contributed by atoms with Crippen LogP contribution in [0.2, 0.25) is 0 Å². The van der Waals surface area contributed by atoms with E-state index in [-0.39, 0.29) is 30.3 Å². The van der Waals surface area contributed by atoms with Crippen molar-refractivity contribution in [2.24, 2.45) is 5.92 Å². The number of rotatable bonds is 41. The van der Waals surface area contributed by atoms with Crippen LogP contribution in [-0.4, -0.2) is 68.2 Å². The molecule has 2 aliphatic rings. The molecule has 1 heterocycles. The van der Waals surface area contributed by atoms with Crippen LogP contribution in [0.25, 0.3) is 0 Å². The largest absolute Gasteiger partial charge is 0.466 e. The van der Waals surface area contributed by atoms with Crippen LogP contribution in [0.5, 0.6) is 0 Å². The summed E-state index contributed by atoms with van der Waals surface area (Å²) in [6.07, 6.45) is 43.8. The smallest absolute Gasteiger partial charge is 0.306 e. The molecule has 59 heavy (non-hydrogen) atoms. The average Bonchev–Trinajstić information content (AvgIpc) is 3.57. The maximum atomic E-state index is 12.9. The van der Waals surface area contributed by atoms with Gasteiger partial charge < -0.3 is 23.8 Å². The van der Waals surface area contributed by atoms with Crippen LogP contribution in [0, 0.1) is 5.92 Å². The van der Waals surface area contributed by atoms with Crippen LogP contribution in [0.3, 0.4) is 0 Å². The first-order valence-corrected chi connectivity index (χ1v) is 26.2. The van der Waals surface area contributed by atoms with Gasteiger partial charge in [-0.2, -0.15) is 0 Å². The van der Waals surface area contributed by atoms with E-state index in [0.29, 0.717) is 25.4 Å². The normalized spacial score (nSPS) is 20.4. The molecule has 0 aromatic heterocycles. The van der Waals surface area contributed by atoms with Gasteiger partial charge in [0.1, 0.15) is 6.10 Å². The third-order valence-electron chi connectivity index (χ3n) is 13.1. The summed E-state index contributed by atoms with van der Waals surface area (Å²) >= 11 is 0. The highest BCUT2D eigenvalue weighted by Gasteiger charge is 2.48. The Labute approximate surface area is 366 Å². The van der Waals surface area contributed by atoms with E-state index in [1.54, 1.807) is 0 Å². The Hall–Kier alpha value is -1.18. The Morgan fingerprint density at radius 1 is 0.542 bits per heavy atom. The molecule has 348 valence electrons. The Balaban J connectivity index is 1.70. The Bertz CT molecular complexity index is 974. The van der Waals surface area contributed by atoms with Gasteiger partial charge in [-0.15, -0.1) is 0 Å². The van der Waals surface area contributed by atoms with Crippen molar-refractivity contribution in [2.75, 3.05) is 27.2 Å².